The number of nitrogens with two attached hydrogens (primary N) is 1. The topological polar surface area (TPSA) is 96.6 Å². The van der Waals surface area contributed by atoms with Gasteiger partial charge in [-0.3, -0.25) is 5.10 Å². The molecule has 4 heterocycles. The van der Waals surface area contributed by atoms with E-state index in [1.807, 2.05) is 25.3 Å². The minimum absolute atomic E-state index is 0.376. The summed E-state index contributed by atoms with van der Waals surface area (Å²) >= 11 is 0. The average Bonchev–Trinajstić information content (AvgIpc) is 2.96. The van der Waals surface area contributed by atoms with Gasteiger partial charge in [-0.15, -0.1) is 0 Å². The molecule has 1 aliphatic rings. The molecule has 1 saturated heterocycles. The van der Waals surface area contributed by atoms with Gasteiger partial charge in [0, 0.05) is 30.9 Å². The van der Waals surface area contributed by atoms with Crippen LogP contribution in [0.25, 0.3) is 11.0 Å². The summed E-state index contributed by atoms with van der Waals surface area (Å²) in [6.45, 7) is 3.85. The molecule has 23 heavy (non-hydrogen) atoms. The lowest BCUT2D eigenvalue weighted by Gasteiger charge is -2.33. The molecule has 7 heteroatoms. The monoisotopic (exact) mass is 309 g/mol. The summed E-state index contributed by atoms with van der Waals surface area (Å²) in [5.41, 5.74) is 7.60. The molecule has 3 aromatic heterocycles. The van der Waals surface area contributed by atoms with Crippen LogP contribution < -0.4 is 10.6 Å². The third-order valence-electron chi connectivity index (χ3n) is 4.39. The fourth-order valence-electron chi connectivity index (χ4n) is 3.21. The maximum Gasteiger partial charge on any atom is 0.183 e. The number of nitrogens with one attached hydrogen (secondary N) is 1. The molecule has 7 nitrogen and oxygen atoms in total. The Morgan fingerprint density at radius 2 is 2.17 bits per heavy atom. The second-order valence-electron chi connectivity index (χ2n) is 5.99. The lowest BCUT2D eigenvalue weighted by Crippen LogP contribution is -2.35. The summed E-state index contributed by atoms with van der Waals surface area (Å²) in [4.78, 5) is 15.7. The molecule has 1 fully saturated rings. The van der Waals surface area contributed by atoms with Crippen molar-refractivity contribution in [3.05, 3.63) is 35.9 Å². The number of anilines is 2. The number of rotatable bonds is 2. The Morgan fingerprint density at radius 1 is 1.26 bits per heavy atom. The highest BCUT2D eigenvalue weighted by Crippen LogP contribution is 2.29. The van der Waals surface area contributed by atoms with Crippen LogP contribution in [0.5, 0.6) is 0 Å². The van der Waals surface area contributed by atoms with E-state index in [1.165, 1.54) is 0 Å². The number of hydrogen-bond donors (Lipinski definition) is 2. The van der Waals surface area contributed by atoms with Gasteiger partial charge in [0.05, 0.1) is 5.39 Å². The van der Waals surface area contributed by atoms with Crippen molar-refractivity contribution in [1.29, 1.82) is 0 Å². The Hall–Kier alpha value is -2.70. The van der Waals surface area contributed by atoms with E-state index in [4.69, 9.17) is 5.73 Å². The van der Waals surface area contributed by atoms with E-state index in [2.05, 4.69) is 36.1 Å². The van der Waals surface area contributed by atoms with Crippen LogP contribution in [0.3, 0.4) is 0 Å². The van der Waals surface area contributed by atoms with Crippen molar-refractivity contribution < 1.29 is 0 Å². The van der Waals surface area contributed by atoms with Crippen LogP contribution in [-0.2, 0) is 0 Å². The van der Waals surface area contributed by atoms with Gasteiger partial charge in [0.2, 0.25) is 0 Å². The highest BCUT2D eigenvalue weighted by atomic mass is 15.2. The van der Waals surface area contributed by atoms with Crippen LogP contribution in [0.15, 0.2) is 24.4 Å². The highest BCUT2D eigenvalue weighted by molar-refractivity contribution is 5.85. The summed E-state index contributed by atoms with van der Waals surface area (Å²) in [5.74, 6) is 2.74. The molecule has 0 radical (unpaired) electrons. The fourth-order valence-corrected chi connectivity index (χ4v) is 3.21. The van der Waals surface area contributed by atoms with Gasteiger partial charge in [-0.05, 0) is 38.0 Å². The normalized spacial score (nSPS) is 18.5. The van der Waals surface area contributed by atoms with Crippen molar-refractivity contribution in [3.8, 4) is 0 Å². The molecule has 3 aromatic rings. The van der Waals surface area contributed by atoms with Crippen LogP contribution >= 0.6 is 0 Å². The molecule has 0 saturated carbocycles. The molecule has 118 valence electrons. The standard InChI is InChI=1S/C16H19N7/c1-10-18-7-6-14(19-10)23-8-2-3-11(9-23)13-5-4-12-15(17)21-22-16(12)20-13/h4-7,11H,2-3,8-9H2,1H3,(H3,17,20,21,22)/t11-/m0/s1. The fraction of sp³-hybridized carbons (Fsp3) is 0.375. The first-order chi connectivity index (χ1) is 11.2. The SMILES string of the molecule is Cc1nccc(N2CCC[C@H](c3ccc4c(N)[nH]nc4n3)C2)n1. The maximum absolute atomic E-state index is 5.84. The van der Waals surface area contributed by atoms with Gasteiger partial charge in [-0.25, -0.2) is 15.0 Å². The zero-order valence-electron chi connectivity index (χ0n) is 13.0. The Bertz CT molecular complexity index is 841. The Labute approximate surface area is 134 Å². The molecular weight excluding hydrogens is 290 g/mol. The van der Waals surface area contributed by atoms with E-state index in [-0.39, 0.29) is 0 Å². The summed E-state index contributed by atoms with van der Waals surface area (Å²) in [5, 5.41) is 7.83. The van der Waals surface area contributed by atoms with Gasteiger partial charge in [0.25, 0.3) is 0 Å². The Kier molecular flexibility index (Phi) is 3.33. The number of nitrogens with zero attached hydrogens (tertiary/aromatic N) is 5. The summed E-state index contributed by atoms with van der Waals surface area (Å²) in [7, 11) is 0. The van der Waals surface area contributed by atoms with Crippen molar-refractivity contribution >= 4 is 22.7 Å². The third kappa shape index (κ3) is 2.58. The minimum Gasteiger partial charge on any atom is -0.384 e. The number of nitrogen functional groups attached to an aromatic ring is 1. The van der Waals surface area contributed by atoms with E-state index in [0.29, 0.717) is 17.4 Å². The van der Waals surface area contributed by atoms with E-state index in [1.54, 1.807) is 0 Å². The van der Waals surface area contributed by atoms with Crippen LogP contribution in [0, 0.1) is 6.92 Å². The second-order valence-corrected chi connectivity index (χ2v) is 5.99. The number of aryl methyl sites for hydroxylation is 1. The molecule has 1 atom stereocenters. The molecule has 0 spiro atoms. The molecule has 0 unspecified atom stereocenters. The molecule has 0 aliphatic carbocycles. The summed E-state index contributed by atoms with van der Waals surface area (Å²) in [6, 6.07) is 6.04. The first-order valence-electron chi connectivity index (χ1n) is 7.86. The molecule has 4 rings (SSSR count). The highest BCUT2D eigenvalue weighted by Gasteiger charge is 2.24. The van der Waals surface area contributed by atoms with Crippen molar-refractivity contribution in [2.45, 2.75) is 25.7 Å². The summed E-state index contributed by atoms with van der Waals surface area (Å²) < 4.78 is 0. The van der Waals surface area contributed by atoms with E-state index >= 15 is 0 Å². The molecule has 3 N–H and O–H groups in total. The lowest BCUT2D eigenvalue weighted by molar-refractivity contribution is 0.499. The molecule has 0 amide bonds. The number of fused-ring (bicyclic) bond motifs is 1. The number of hydrogen-bond acceptors (Lipinski definition) is 6. The number of H-pyrrole nitrogens is 1. The predicted octanol–water partition coefficient (Wildman–Crippen LogP) is 2.02. The van der Waals surface area contributed by atoms with Gasteiger partial charge < -0.3 is 10.6 Å². The van der Waals surface area contributed by atoms with E-state index in [9.17, 15) is 0 Å². The largest absolute Gasteiger partial charge is 0.384 e. The van der Waals surface area contributed by atoms with E-state index in [0.717, 1.165) is 48.7 Å². The molecule has 0 bridgehead atoms. The lowest BCUT2D eigenvalue weighted by atomic mass is 9.94. The Balaban J connectivity index is 1.60. The third-order valence-corrected chi connectivity index (χ3v) is 4.39. The first kappa shape index (κ1) is 13.9. The van der Waals surface area contributed by atoms with Crippen molar-refractivity contribution in [3.63, 3.8) is 0 Å². The van der Waals surface area contributed by atoms with Gasteiger partial charge in [-0.1, -0.05) is 0 Å². The maximum atomic E-state index is 5.84. The van der Waals surface area contributed by atoms with Crippen LogP contribution in [0.2, 0.25) is 0 Å². The van der Waals surface area contributed by atoms with Crippen molar-refractivity contribution in [2.75, 3.05) is 23.7 Å². The number of pyridine rings is 1. The molecule has 1 aliphatic heterocycles. The molecule has 0 aromatic carbocycles. The Morgan fingerprint density at radius 3 is 3.04 bits per heavy atom. The average molecular weight is 309 g/mol. The predicted molar refractivity (Wildman–Crippen MR) is 89.3 cm³/mol. The zero-order chi connectivity index (χ0) is 15.8. The number of aromatic nitrogens is 5. The van der Waals surface area contributed by atoms with Gasteiger partial charge in [0.15, 0.2) is 5.65 Å². The van der Waals surface area contributed by atoms with Crippen LogP contribution in [0.4, 0.5) is 11.6 Å². The summed E-state index contributed by atoms with van der Waals surface area (Å²) in [6.07, 6.45) is 4.06. The minimum atomic E-state index is 0.376. The van der Waals surface area contributed by atoms with E-state index < -0.39 is 0 Å². The van der Waals surface area contributed by atoms with Crippen LogP contribution in [-0.4, -0.2) is 38.2 Å². The van der Waals surface area contributed by atoms with Gasteiger partial charge in [0.1, 0.15) is 17.5 Å². The second kappa shape index (κ2) is 5.49. The van der Waals surface area contributed by atoms with Crippen molar-refractivity contribution in [1.82, 2.24) is 25.1 Å². The number of aromatic amines is 1. The quantitative estimate of drug-likeness (QED) is 0.752. The van der Waals surface area contributed by atoms with Crippen molar-refractivity contribution in [2.24, 2.45) is 0 Å². The first-order valence-corrected chi connectivity index (χ1v) is 7.86. The number of piperidine rings is 1. The molecular formula is C16H19N7. The van der Waals surface area contributed by atoms with Crippen LogP contribution in [0.1, 0.15) is 30.3 Å². The smallest absolute Gasteiger partial charge is 0.183 e. The van der Waals surface area contributed by atoms with Gasteiger partial charge in [-0.2, -0.15) is 5.10 Å². The zero-order valence-corrected chi connectivity index (χ0v) is 13.0. The van der Waals surface area contributed by atoms with Gasteiger partial charge >= 0.3 is 0 Å².